The van der Waals surface area contributed by atoms with Crippen LogP contribution in [0.2, 0.25) is 5.02 Å². The van der Waals surface area contributed by atoms with Crippen molar-refractivity contribution in [3.63, 3.8) is 0 Å². The van der Waals surface area contributed by atoms with Crippen molar-refractivity contribution in [1.29, 1.82) is 0 Å². The van der Waals surface area contributed by atoms with Crippen molar-refractivity contribution >= 4 is 17.3 Å². The summed E-state index contributed by atoms with van der Waals surface area (Å²) in [6, 6.07) is 10.7. The van der Waals surface area contributed by atoms with Crippen LogP contribution in [0.3, 0.4) is 0 Å². The summed E-state index contributed by atoms with van der Waals surface area (Å²) in [5.74, 6) is 0. The van der Waals surface area contributed by atoms with Crippen molar-refractivity contribution in [3.05, 3.63) is 58.0 Å². The lowest BCUT2D eigenvalue weighted by Crippen LogP contribution is -2.20. The predicted molar refractivity (Wildman–Crippen MR) is 61.5 cm³/mol. The zero-order chi connectivity index (χ0) is 10.8. The van der Waals surface area contributed by atoms with Crippen LogP contribution in [0.25, 0.3) is 5.69 Å². The highest BCUT2D eigenvalue weighted by Gasteiger charge is 2.03. The number of nitrogen functional groups attached to an aromatic ring is 1. The molecule has 0 fully saturated rings. The van der Waals surface area contributed by atoms with Gasteiger partial charge < -0.3 is 5.73 Å². The number of nitrogens with zero attached hydrogens (tertiary/aromatic N) is 1. The summed E-state index contributed by atoms with van der Waals surface area (Å²) in [6.07, 6.45) is 1.55. The Bertz CT molecular complexity index is 534. The molecule has 0 amide bonds. The van der Waals surface area contributed by atoms with E-state index in [4.69, 9.17) is 17.3 Å². The van der Waals surface area contributed by atoms with Crippen LogP contribution in [-0.4, -0.2) is 4.57 Å². The van der Waals surface area contributed by atoms with Crippen LogP contribution in [-0.2, 0) is 0 Å². The summed E-state index contributed by atoms with van der Waals surface area (Å²) in [4.78, 5) is 11.7. The van der Waals surface area contributed by atoms with Gasteiger partial charge in [0.2, 0.25) is 0 Å². The van der Waals surface area contributed by atoms with E-state index >= 15 is 0 Å². The molecule has 3 nitrogen and oxygen atoms in total. The normalized spacial score (nSPS) is 10.2. The van der Waals surface area contributed by atoms with Gasteiger partial charge in [-0.1, -0.05) is 29.8 Å². The molecule has 2 aromatic rings. The molecule has 4 heteroatoms. The van der Waals surface area contributed by atoms with E-state index in [-0.39, 0.29) is 11.2 Å². The number of benzene rings is 1. The lowest BCUT2D eigenvalue weighted by molar-refractivity contribution is 0.995. The van der Waals surface area contributed by atoms with Crippen molar-refractivity contribution in [3.8, 4) is 5.69 Å². The van der Waals surface area contributed by atoms with E-state index in [0.29, 0.717) is 5.02 Å². The van der Waals surface area contributed by atoms with E-state index in [1.54, 1.807) is 6.20 Å². The summed E-state index contributed by atoms with van der Waals surface area (Å²) >= 11 is 5.83. The third kappa shape index (κ3) is 1.87. The molecule has 1 heterocycles. The van der Waals surface area contributed by atoms with E-state index in [9.17, 15) is 4.79 Å². The van der Waals surface area contributed by atoms with E-state index in [1.165, 1.54) is 10.6 Å². The van der Waals surface area contributed by atoms with Crippen molar-refractivity contribution < 1.29 is 0 Å². The second-order valence-electron chi connectivity index (χ2n) is 3.12. The fraction of sp³-hybridized carbons (Fsp3) is 0. The van der Waals surface area contributed by atoms with Crippen LogP contribution < -0.4 is 11.3 Å². The topological polar surface area (TPSA) is 48.0 Å². The lowest BCUT2D eigenvalue weighted by atomic mass is 10.3. The van der Waals surface area contributed by atoms with Gasteiger partial charge in [-0.05, 0) is 18.2 Å². The average Bonchev–Trinajstić information content (AvgIpc) is 2.24. The second-order valence-corrected chi connectivity index (χ2v) is 3.56. The fourth-order valence-corrected chi connectivity index (χ4v) is 1.56. The first-order valence-corrected chi connectivity index (χ1v) is 4.79. The highest BCUT2D eigenvalue weighted by Crippen LogP contribution is 2.12. The Morgan fingerprint density at radius 1 is 1.20 bits per heavy atom. The van der Waals surface area contributed by atoms with Gasteiger partial charge in [-0.3, -0.25) is 9.36 Å². The van der Waals surface area contributed by atoms with Gasteiger partial charge in [0.25, 0.3) is 5.56 Å². The number of pyridine rings is 1. The van der Waals surface area contributed by atoms with Crippen LogP contribution in [0.5, 0.6) is 0 Å². The van der Waals surface area contributed by atoms with Crippen molar-refractivity contribution in [1.82, 2.24) is 4.57 Å². The molecule has 0 saturated heterocycles. The highest BCUT2D eigenvalue weighted by atomic mass is 35.5. The largest absolute Gasteiger partial charge is 0.394 e. The molecule has 1 aromatic carbocycles. The van der Waals surface area contributed by atoms with E-state index in [1.807, 2.05) is 30.3 Å². The van der Waals surface area contributed by atoms with Crippen molar-refractivity contribution in [2.45, 2.75) is 0 Å². The van der Waals surface area contributed by atoms with Gasteiger partial charge in [-0.25, -0.2) is 0 Å². The predicted octanol–water partition coefficient (Wildman–Crippen LogP) is 2.07. The van der Waals surface area contributed by atoms with E-state index in [2.05, 4.69) is 0 Å². The Morgan fingerprint density at radius 3 is 2.53 bits per heavy atom. The monoisotopic (exact) mass is 220 g/mol. The minimum absolute atomic E-state index is 0.145. The van der Waals surface area contributed by atoms with Crippen LogP contribution in [0.1, 0.15) is 0 Å². The smallest absolute Gasteiger partial charge is 0.278 e. The molecule has 0 spiro atoms. The average molecular weight is 221 g/mol. The van der Waals surface area contributed by atoms with Crippen LogP contribution in [0.15, 0.2) is 47.4 Å². The number of hydrogen-bond acceptors (Lipinski definition) is 2. The maximum absolute atomic E-state index is 11.7. The van der Waals surface area contributed by atoms with Gasteiger partial charge in [-0.2, -0.15) is 0 Å². The summed E-state index contributed by atoms with van der Waals surface area (Å²) in [5, 5.41) is 0.441. The summed E-state index contributed by atoms with van der Waals surface area (Å²) < 4.78 is 1.43. The SMILES string of the molecule is Nc1cc(Cl)cn(-c2ccccc2)c1=O. The van der Waals surface area contributed by atoms with Crippen molar-refractivity contribution in [2.24, 2.45) is 0 Å². The molecular formula is C11H9ClN2O. The first-order valence-electron chi connectivity index (χ1n) is 4.41. The van der Waals surface area contributed by atoms with E-state index in [0.717, 1.165) is 5.69 Å². The maximum atomic E-state index is 11.7. The zero-order valence-corrected chi connectivity index (χ0v) is 8.61. The van der Waals surface area contributed by atoms with Gasteiger partial charge in [0.1, 0.15) is 0 Å². The van der Waals surface area contributed by atoms with Crippen LogP contribution in [0, 0.1) is 0 Å². The molecule has 0 bridgehead atoms. The molecule has 76 valence electrons. The Labute approximate surface area is 91.7 Å². The molecule has 0 aliphatic rings. The van der Waals surface area contributed by atoms with Gasteiger partial charge in [-0.15, -0.1) is 0 Å². The third-order valence-electron chi connectivity index (χ3n) is 2.05. The minimum Gasteiger partial charge on any atom is -0.394 e. The highest BCUT2D eigenvalue weighted by molar-refractivity contribution is 6.30. The third-order valence-corrected chi connectivity index (χ3v) is 2.25. The molecule has 0 atom stereocenters. The molecule has 0 saturated carbocycles. The van der Waals surface area contributed by atoms with Crippen LogP contribution >= 0.6 is 11.6 Å². The molecule has 0 aliphatic heterocycles. The number of aromatic nitrogens is 1. The zero-order valence-electron chi connectivity index (χ0n) is 7.85. The standard InChI is InChI=1S/C11H9ClN2O/c12-8-6-10(13)11(15)14(7-8)9-4-2-1-3-5-9/h1-7H,13H2. The molecule has 0 radical (unpaired) electrons. The minimum atomic E-state index is -0.259. The number of rotatable bonds is 1. The number of anilines is 1. The summed E-state index contributed by atoms with van der Waals surface area (Å²) in [5.41, 5.74) is 6.17. The van der Waals surface area contributed by atoms with Gasteiger partial charge in [0.05, 0.1) is 10.7 Å². The quantitative estimate of drug-likeness (QED) is 0.800. The number of hydrogen-bond donors (Lipinski definition) is 1. The lowest BCUT2D eigenvalue weighted by Gasteiger charge is -2.06. The summed E-state index contributed by atoms with van der Waals surface area (Å²) in [6.45, 7) is 0. The molecule has 1 aromatic heterocycles. The number of para-hydroxylation sites is 1. The Morgan fingerprint density at radius 2 is 1.87 bits per heavy atom. The molecular weight excluding hydrogens is 212 g/mol. The molecule has 0 aliphatic carbocycles. The second kappa shape index (κ2) is 3.79. The van der Waals surface area contributed by atoms with Crippen molar-refractivity contribution in [2.75, 3.05) is 5.73 Å². The molecule has 0 unspecified atom stereocenters. The fourth-order valence-electron chi connectivity index (χ4n) is 1.35. The van der Waals surface area contributed by atoms with Gasteiger partial charge in [0, 0.05) is 11.9 Å². The number of halogens is 1. The van der Waals surface area contributed by atoms with Gasteiger partial charge in [0.15, 0.2) is 0 Å². The van der Waals surface area contributed by atoms with E-state index < -0.39 is 0 Å². The first-order chi connectivity index (χ1) is 7.18. The molecule has 2 N–H and O–H groups in total. The van der Waals surface area contributed by atoms with Gasteiger partial charge >= 0.3 is 0 Å². The maximum Gasteiger partial charge on any atom is 0.278 e. The number of nitrogens with two attached hydrogens (primary N) is 1. The molecule has 2 rings (SSSR count). The Balaban J connectivity index is 2.69. The van der Waals surface area contributed by atoms with Crippen LogP contribution in [0.4, 0.5) is 5.69 Å². The molecule has 15 heavy (non-hydrogen) atoms. The Hall–Kier alpha value is -1.74. The summed E-state index contributed by atoms with van der Waals surface area (Å²) in [7, 11) is 0. The first kappa shape index (κ1) is 9.80. The Kier molecular flexibility index (Phi) is 2.47.